The molecule has 1 aromatic heterocycles. The molecule has 2 heterocycles. The van der Waals surface area contributed by atoms with E-state index >= 15 is 0 Å². The Kier molecular flexibility index (Phi) is 8.05. The lowest BCUT2D eigenvalue weighted by Gasteiger charge is -2.36. The number of hydrogen-bond donors (Lipinski definition) is 2. The molecule has 0 aliphatic carbocycles. The minimum Gasteiger partial charge on any atom is -0.496 e. The van der Waals surface area contributed by atoms with E-state index in [1.807, 2.05) is 12.1 Å². The highest BCUT2D eigenvalue weighted by molar-refractivity contribution is 5.99. The molecule has 1 atom stereocenters. The summed E-state index contributed by atoms with van der Waals surface area (Å²) < 4.78 is 10.5. The van der Waals surface area contributed by atoms with Crippen molar-refractivity contribution in [2.45, 2.75) is 13.0 Å². The van der Waals surface area contributed by atoms with Crippen LogP contribution in [0.2, 0.25) is 0 Å². The molecule has 3 aromatic rings. The van der Waals surface area contributed by atoms with Gasteiger partial charge in [0.2, 0.25) is 5.91 Å². The zero-order chi connectivity index (χ0) is 27.2. The molecule has 0 saturated carbocycles. The van der Waals surface area contributed by atoms with Crippen LogP contribution in [0.3, 0.4) is 0 Å². The van der Waals surface area contributed by atoms with Gasteiger partial charge in [0, 0.05) is 37.6 Å². The molecular formula is C27H28N4O7. The van der Waals surface area contributed by atoms with Gasteiger partial charge in [-0.05, 0) is 36.8 Å². The van der Waals surface area contributed by atoms with Crippen LogP contribution in [0.5, 0.6) is 5.75 Å². The van der Waals surface area contributed by atoms with Gasteiger partial charge in [-0.25, -0.2) is 14.6 Å². The van der Waals surface area contributed by atoms with E-state index in [-0.39, 0.29) is 44.0 Å². The van der Waals surface area contributed by atoms with Gasteiger partial charge in [0.15, 0.2) is 0 Å². The van der Waals surface area contributed by atoms with Crippen molar-refractivity contribution in [3.63, 3.8) is 0 Å². The Morgan fingerprint density at radius 1 is 1.00 bits per heavy atom. The molecule has 0 radical (unpaired) electrons. The smallest absolute Gasteiger partial charge is 0.409 e. The number of hydrogen-bond acceptors (Lipinski definition) is 7. The van der Waals surface area contributed by atoms with Crippen molar-refractivity contribution in [2.75, 3.05) is 39.9 Å². The zero-order valence-corrected chi connectivity index (χ0v) is 21.0. The number of nitrogens with one attached hydrogen (secondary N) is 1. The first-order valence-electron chi connectivity index (χ1n) is 12.1. The Hall–Kier alpha value is -4.67. The Morgan fingerprint density at radius 3 is 2.29 bits per heavy atom. The highest BCUT2D eigenvalue weighted by atomic mass is 16.6. The highest BCUT2D eigenvalue weighted by Crippen LogP contribution is 2.26. The van der Waals surface area contributed by atoms with Gasteiger partial charge in [-0.2, -0.15) is 0 Å². The molecule has 1 aliphatic heterocycles. The Labute approximate surface area is 219 Å². The van der Waals surface area contributed by atoms with Crippen molar-refractivity contribution >= 4 is 34.8 Å². The molecular weight excluding hydrogens is 492 g/mol. The van der Waals surface area contributed by atoms with Crippen LogP contribution in [-0.2, 0) is 9.53 Å². The molecule has 1 fully saturated rings. The number of ether oxygens (including phenoxy) is 2. The van der Waals surface area contributed by atoms with Crippen molar-refractivity contribution in [1.29, 1.82) is 0 Å². The molecule has 0 bridgehead atoms. The Balaban J connectivity index is 1.60. The normalized spacial score (nSPS) is 14.1. The third kappa shape index (κ3) is 5.66. The summed E-state index contributed by atoms with van der Waals surface area (Å²) in [7, 11) is 1.50. The van der Waals surface area contributed by atoms with Gasteiger partial charge in [-0.1, -0.05) is 24.3 Å². The minimum atomic E-state index is -1.11. The number of aromatic nitrogens is 1. The predicted molar refractivity (Wildman–Crippen MR) is 137 cm³/mol. The molecule has 11 heteroatoms. The number of methoxy groups -OCH3 is 1. The number of rotatable bonds is 7. The summed E-state index contributed by atoms with van der Waals surface area (Å²) in [6, 6.07) is 13.3. The van der Waals surface area contributed by atoms with Crippen LogP contribution >= 0.6 is 0 Å². The van der Waals surface area contributed by atoms with Crippen LogP contribution in [0.15, 0.2) is 54.6 Å². The summed E-state index contributed by atoms with van der Waals surface area (Å²) in [6.07, 6.45) is -0.440. The minimum absolute atomic E-state index is 0.0512. The van der Waals surface area contributed by atoms with Crippen LogP contribution in [0, 0.1) is 0 Å². The molecule has 198 valence electrons. The van der Waals surface area contributed by atoms with Crippen molar-refractivity contribution in [2.24, 2.45) is 0 Å². The van der Waals surface area contributed by atoms with Gasteiger partial charge in [0.1, 0.15) is 17.5 Å². The van der Waals surface area contributed by atoms with Crippen molar-refractivity contribution in [3.05, 3.63) is 71.4 Å². The van der Waals surface area contributed by atoms with Gasteiger partial charge in [-0.3, -0.25) is 9.59 Å². The molecule has 38 heavy (non-hydrogen) atoms. The molecule has 2 aromatic carbocycles. The van der Waals surface area contributed by atoms with Gasteiger partial charge in [0.25, 0.3) is 5.91 Å². The lowest BCUT2D eigenvalue weighted by Crippen LogP contribution is -2.53. The molecule has 3 amide bonds. The molecule has 0 spiro atoms. The van der Waals surface area contributed by atoms with Gasteiger partial charge in [-0.15, -0.1) is 0 Å². The van der Waals surface area contributed by atoms with E-state index in [0.29, 0.717) is 16.8 Å². The average molecular weight is 521 g/mol. The van der Waals surface area contributed by atoms with E-state index in [1.165, 1.54) is 42.3 Å². The van der Waals surface area contributed by atoms with Gasteiger partial charge in [0.05, 0.1) is 24.8 Å². The maximum atomic E-state index is 13.6. The number of aromatic carboxylic acids is 1. The van der Waals surface area contributed by atoms with Crippen LogP contribution in [0.1, 0.15) is 39.4 Å². The number of carboxylic acid groups (broad SMARTS) is 1. The SMILES string of the molecule is CCOC(=O)N1CCN(C(=O)C(NC(=O)c2cc(OC)c3ccccc3n2)c2ccc(C(=O)O)cc2)CC1. The average Bonchev–Trinajstić information content (AvgIpc) is 2.95. The largest absolute Gasteiger partial charge is 0.496 e. The predicted octanol–water partition coefficient (Wildman–Crippen LogP) is 2.71. The second-order valence-corrected chi connectivity index (χ2v) is 8.57. The number of nitrogens with zero attached hydrogens (tertiary/aromatic N) is 3. The number of carboxylic acids is 1. The number of fused-ring (bicyclic) bond motifs is 1. The number of piperazine rings is 1. The quantitative estimate of drug-likeness (QED) is 0.485. The molecule has 1 aliphatic rings. The lowest BCUT2D eigenvalue weighted by molar-refractivity contribution is -0.135. The Morgan fingerprint density at radius 2 is 1.66 bits per heavy atom. The summed E-state index contributed by atoms with van der Waals surface area (Å²) in [5, 5.41) is 12.8. The summed E-state index contributed by atoms with van der Waals surface area (Å²) in [5.74, 6) is -1.63. The van der Waals surface area contributed by atoms with E-state index in [9.17, 15) is 24.3 Å². The first kappa shape index (κ1) is 26.4. The number of carbonyl (C=O) groups excluding carboxylic acids is 3. The van der Waals surface area contributed by atoms with Crippen LogP contribution in [0.25, 0.3) is 10.9 Å². The lowest BCUT2D eigenvalue weighted by atomic mass is 10.0. The van der Waals surface area contributed by atoms with Gasteiger partial charge < -0.3 is 29.7 Å². The van der Waals surface area contributed by atoms with Crippen molar-refractivity contribution in [1.82, 2.24) is 20.1 Å². The number of benzene rings is 2. The first-order valence-corrected chi connectivity index (χ1v) is 12.1. The third-order valence-electron chi connectivity index (χ3n) is 6.26. The van der Waals surface area contributed by atoms with Crippen LogP contribution in [-0.4, -0.2) is 83.7 Å². The molecule has 2 N–H and O–H groups in total. The van der Waals surface area contributed by atoms with Crippen LogP contribution < -0.4 is 10.1 Å². The number of amides is 3. The summed E-state index contributed by atoms with van der Waals surface area (Å²) in [5.41, 5.74) is 1.08. The molecule has 4 rings (SSSR count). The maximum absolute atomic E-state index is 13.6. The molecule has 1 saturated heterocycles. The third-order valence-corrected chi connectivity index (χ3v) is 6.26. The van der Waals surface area contributed by atoms with E-state index in [4.69, 9.17) is 9.47 Å². The highest BCUT2D eigenvalue weighted by Gasteiger charge is 2.32. The van der Waals surface area contributed by atoms with Gasteiger partial charge >= 0.3 is 12.1 Å². The summed E-state index contributed by atoms with van der Waals surface area (Å²) >= 11 is 0. The van der Waals surface area contributed by atoms with Crippen molar-refractivity contribution < 1.29 is 33.8 Å². The number of carbonyl (C=O) groups is 4. The van der Waals surface area contributed by atoms with E-state index in [1.54, 1.807) is 24.0 Å². The van der Waals surface area contributed by atoms with Crippen LogP contribution in [0.4, 0.5) is 4.79 Å². The van der Waals surface area contributed by atoms with E-state index < -0.39 is 29.9 Å². The molecule has 11 nitrogen and oxygen atoms in total. The Bertz CT molecular complexity index is 1350. The zero-order valence-electron chi connectivity index (χ0n) is 21.0. The summed E-state index contributed by atoms with van der Waals surface area (Å²) in [4.78, 5) is 57.9. The monoisotopic (exact) mass is 520 g/mol. The van der Waals surface area contributed by atoms with Crippen molar-refractivity contribution in [3.8, 4) is 5.75 Å². The van der Waals surface area contributed by atoms with E-state index in [2.05, 4.69) is 10.3 Å². The molecule has 1 unspecified atom stereocenters. The fraction of sp³-hybridized carbons (Fsp3) is 0.296. The second kappa shape index (κ2) is 11.6. The standard InChI is InChI=1S/C27H28N4O7/c1-3-38-27(36)31-14-12-30(13-15-31)25(33)23(17-8-10-18(11-9-17)26(34)35)29-24(32)21-16-22(37-2)19-6-4-5-7-20(19)28-21/h4-11,16,23H,3,12-15H2,1-2H3,(H,29,32)(H,34,35). The van der Waals surface area contributed by atoms with E-state index in [0.717, 1.165) is 5.39 Å². The fourth-order valence-electron chi connectivity index (χ4n) is 4.25. The first-order chi connectivity index (χ1) is 18.3. The second-order valence-electron chi connectivity index (χ2n) is 8.57. The summed E-state index contributed by atoms with van der Waals surface area (Å²) in [6.45, 7) is 3.05. The number of para-hydroxylation sites is 1. The fourth-order valence-corrected chi connectivity index (χ4v) is 4.25. The number of pyridine rings is 1. The maximum Gasteiger partial charge on any atom is 0.409 e. The topological polar surface area (TPSA) is 138 Å².